The fourth-order valence-electron chi connectivity index (χ4n) is 2.89. The number of carbonyl (C=O) groups excluding carboxylic acids is 1. The number of rotatable bonds is 4. The van der Waals surface area contributed by atoms with Crippen LogP contribution in [0, 0.1) is 0 Å². The SMILES string of the molecule is O=C(Nc1ccc(Nc2cccc3cccnc23)cn1)C1CCCO1. The van der Waals surface area contributed by atoms with Crippen molar-refractivity contribution in [2.75, 3.05) is 17.2 Å². The second-order valence-corrected chi connectivity index (χ2v) is 5.93. The molecule has 4 rings (SSSR count). The number of benzene rings is 1. The molecule has 126 valence electrons. The zero-order valence-corrected chi connectivity index (χ0v) is 13.6. The molecular formula is C19H18N4O2. The molecule has 1 fully saturated rings. The van der Waals surface area contributed by atoms with Gasteiger partial charge in [0.15, 0.2) is 0 Å². The smallest absolute Gasteiger partial charge is 0.254 e. The Morgan fingerprint density at radius 2 is 2.04 bits per heavy atom. The number of pyridine rings is 2. The highest BCUT2D eigenvalue weighted by Crippen LogP contribution is 2.24. The van der Waals surface area contributed by atoms with E-state index in [1.807, 2.05) is 36.4 Å². The minimum atomic E-state index is -0.360. The number of hydrogen-bond acceptors (Lipinski definition) is 5. The molecule has 0 spiro atoms. The molecule has 1 amide bonds. The Labute approximate surface area is 145 Å². The number of fused-ring (bicyclic) bond motifs is 1. The Morgan fingerprint density at radius 1 is 1.12 bits per heavy atom. The zero-order chi connectivity index (χ0) is 17.1. The van der Waals surface area contributed by atoms with E-state index in [1.165, 1.54) is 0 Å². The number of ether oxygens (including phenoxy) is 1. The van der Waals surface area contributed by atoms with Gasteiger partial charge in [-0.15, -0.1) is 0 Å². The fourth-order valence-corrected chi connectivity index (χ4v) is 2.89. The lowest BCUT2D eigenvalue weighted by atomic mass is 10.2. The number of amides is 1. The van der Waals surface area contributed by atoms with Gasteiger partial charge in [-0.3, -0.25) is 9.78 Å². The monoisotopic (exact) mass is 334 g/mol. The Hall–Kier alpha value is -2.99. The van der Waals surface area contributed by atoms with E-state index in [1.54, 1.807) is 18.5 Å². The zero-order valence-electron chi connectivity index (χ0n) is 13.6. The van der Waals surface area contributed by atoms with Crippen LogP contribution in [-0.2, 0) is 9.53 Å². The van der Waals surface area contributed by atoms with E-state index in [-0.39, 0.29) is 12.0 Å². The van der Waals surface area contributed by atoms with Gasteiger partial charge in [0.1, 0.15) is 11.9 Å². The van der Waals surface area contributed by atoms with E-state index in [9.17, 15) is 4.79 Å². The third-order valence-corrected chi connectivity index (χ3v) is 4.15. The molecule has 1 aliphatic heterocycles. The Bertz CT molecular complexity index is 884. The van der Waals surface area contributed by atoms with Gasteiger partial charge >= 0.3 is 0 Å². The summed E-state index contributed by atoms with van der Waals surface area (Å²) in [6.45, 7) is 0.646. The molecule has 1 unspecified atom stereocenters. The van der Waals surface area contributed by atoms with E-state index < -0.39 is 0 Å². The van der Waals surface area contributed by atoms with Gasteiger partial charge in [-0.25, -0.2) is 4.98 Å². The molecule has 1 atom stereocenters. The van der Waals surface area contributed by atoms with Crippen molar-refractivity contribution < 1.29 is 9.53 Å². The standard InChI is InChI=1S/C19H18N4O2/c24-19(16-7-3-11-25-16)23-17-9-8-14(12-21-17)22-15-6-1-4-13-5-2-10-20-18(13)15/h1-2,4-6,8-10,12,16,22H,3,7,11H2,(H,21,23,24). The number of nitrogens with one attached hydrogen (secondary N) is 2. The molecule has 6 nitrogen and oxygen atoms in total. The quantitative estimate of drug-likeness (QED) is 0.764. The summed E-state index contributed by atoms with van der Waals surface area (Å²) in [6, 6.07) is 13.6. The molecule has 0 saturated carbocycles. The molecular weight excluding hydrogens is 316 g/mol. The van der Waals surface area contributed by atoms with Crippen LogP contribution < -0.4 is 10.6 Å². The summed E-state index contributed by atoms with van der Waals surface area (Å²) in [5.41, 5.74) is 2.64. The van der Waals surface area contributed by atoms with Gasteiger partial charge in [0.2, 0.25) is 0 Å². The molecule has 1 aromatic carbocycles. The molecule has 0 aliphatic carbocycles. The molecule has 2 N–H and O–H groups in total. The van der Waals surface area contributed by atoms with E-state index in [4.69, 9.17) is 4.74 Å². The van der Waals surface area contributed by atoms with Gasteiger partial charge in [0.05, 0.1) is 23.1 Å². The number of anilines is 3. The van der Waals surface area contributed by atoms with Crippen LogP contribution in [0.15, 0.2) is 54.9 Å². The van der Waals surface area contributed by atoms with Crippen LogP contribution in [0.4, 0.5) is 17.2 Å². The van der Waals surface area contributed by atoms with E-state index in [2.05, 4.69) is 20.6 Å². The van der Waals surface area contributed by atoms with Gasteiger partial charge in [-0.1, -0.05) is 18.2 Å². The summed E-state index contributed by atoms with van der Waals surface area (Å²) in [4.78, 5) is 20.8. The molecule has 1 aliphatic rings. The maximum Gasteiger partial charge on any atom is 0.254 e. The van der Waals surface area contributed by atoms with Crippen LogP contribution in [0.3, 0.4) is 0 Å². The van der Waals surface area contributed by atoms with E-state index in [0.717, 1.165) is 35.1 Å². The number of aromatic nitrogens is 2. The Morgan fingerprint density at radius 3 is 2.84 bits per heavy atom. The first-order valence-electron chi connectivity index (χ1n) is 8.29. The molecule has 3 heterocycles. The highest BCUT2D eigenvalue weighted by Gasteiger charge is 2.23. The van der Waals surface area contributed by atoms with Gasteiger partial charge < -0.3 is 15.4 Å². The molecule has 0 bridgehead atoms. The normalized spacial score (nSPS) is 16.7. The first kappa shape index (κ1) is 15.5. The minimum Gasteiger partial charge on any atom is -0.368 e. The average Bonchev–Trinajstić information content (AvgIpc) is 3.19. The lowest BCUT2D eigenvalue weighted by Gasteiger charge is -2.11. The molecule has 3 aromatic rings. The fraction of sp³-hybridized carbons (Fsp3) is 0.211. The third kappa shape index (κ3) is 3.44. The number of para-hydroxylation sites is 1. The largest absolute Gasteiger partial charge is 0.368 e. The van der Waals surface area contributed by atoms with Gasteiger partial charge in [0.25, 0.3) is 5.91 Å². The van der Waals surface area contributed by atoms with Gasteiger partial charge in [-0.05, 0) is 37.1 Å². The first-order chi connectivity index (χ1) is 12.3. The van der Waals surface area contributed by atoms with Crippen molar-refractivity contribution in [1.82, 2.24) is 9.97 Å². The minimum absolute atomic E-state index is 0.135. The Balaban J connectivity index is 1.47. The van der Waals surface area contributed by atoms with Gasteiger partial charge in [0, 0.05) is 18.2 Å². The van der Waals surface area contributed by atoms with Crippen molar-refractivity contribution in [2.24, 2.45) is 0 Å². The molecule has 2 aromatic heterocycles. The van der Waals surface area contributed by atoms with Crippen molar-refractivity contribution >= 4 is 34.0 Å². The van der Waals surface area contributed by atoms with Crippen molar-refractivity contribution in [3.05, 3.63) is 54.9 Å². The van der Waals surface area contributed by atoms with Gasteiger partial charge in [-0.2, -0.15) is 0 Å². The Kier molecular flexibility index (Phi) is 4.26. The predicted octanol–water partition coefficient (Wildman–Crippen LogP) is 3.49. The summed E-state index contributed by atoms with van der Waals surface area (Å²) in [7, 11) is 0. The summed E-state index contributed by atoms with van der Waals surface area (Å²) < 4.78 is 5.37. The summed E-state index contributed by atoms with van der Waals surface area (Å²) in [6.07, 6.45) is 4.79. The van der Waals surface area contributed by atoms with Crippen LogP contribution in [0.2, 0.25) is 0 Å². The number of hydrogen-bond donors (Lipinski definition) is 2. The summed E-state index contributed by atoms with van der Waals surface area (Å²) in [5, 5.41) is 7.18. The summed E-state index contributed by atoms with van der Waals surface area (Å²) >= 11 is 0. The lowest BCUT2D eigenvalue weighted by molar-refractivity contribution is -0.124. The maximum atomic E-state index is 12.0. The first-order valence-corrected chi connectivity index (χ1v) is 8.29. The van der Waals surface area contributed by atoms with Crippen molar-refractivity contribution in [3.63, 3.8) is 0 Å². The molecule has 0 radical (unpaired) electrons. The predicted molar refractivity (Wildman–Crippen MR) is 96.9 cm³/mol. The van der Waals surface area contributed by atoms with Crippen LogP contribution in [0.1, 0.15) is 12.8 Å². The highest BCUT2D eigenvalue weighted by atomic mass is 16.5. The van der Waals surface area contributed by atoms with E-state index in [0.29, 0.717) is 12.4 Å². The lowest BCUT2D eigenvalue weighted by Crippen LogP contribution is -2.27. The average molecular weight is 334 g/mol. The number of nitrogens with zero attached hydrogens (tertiary/aromatic N) is 2. The topological polar surface area (TPSA) is 76.1 Å². The van der Waals surface area contributed by atoms with Crippen molar-refractivity contribution in [2.45, 2.75) is 18.9 Å². The van der Waals surface area contributed by atoms with Crippen molar-refractivity contribution in [3.8, 4) is 0 Å². The van der Waals surface area contributed by atoms with E-state index >= 15 is 0 Å². The van der Waals surface area contributed by atoms with Crippen LogP contribution in [0.5, 0.6) is 0 Å². The van der Waals surface area contributed by atoms with Crippen LogP contribution in [-0.4, -0.2) is 28.6 Å². The second kappa shape index (κ2) is 6.86. The molecule has 1 saturated heterocycles. The summed E-state index contributed by atoms with van der Waals surface area (Å²) in [5.74, 6) is 0.381. The second-order valence-electron chi connectivity index (χ2n) is 5.93. The molecule has 6 heteroatoms. The van der Waals surface area contributed by atoms with Crippen LogP contribution >= 0.6 is 0 Å². The maximum absolute atomic E-state index is 12.0. The van der Waals surface area contributed by atoms with Crippen LogP contribution in [0.25, 0.3) is 10.9 Å². The highest BCUT2D eigenvalue weighted by molar-refractivity contribution is 5.94. The third-order valence-electron chi connectivity index (χ3n) is 4.15. The number of carbonyl (C=O) groups is 1. The van der Waals surface area contributed by atoms with Crippen molar-refractivity contribution in [1.29, 1.82) is 0 Å². The molecule has 25 heavy (non-hydrogen) atoms.